The van der Waals surface area contributed by atoms with Gasteiger partial charge >= 0.3 is 0 Å². The molecule has 0 bridgehead atoms. The van der Waals surface area contributed by atoms with Crippen LogP contribution in [0.5, 0.6) is 0 Å². The van der Waals surface area contributed by atoms with Crippen molar-refractivity contribution in [3.05, 3.63) is 24.3 Å². The summed E-state index contributed by atoms with van der Waals surface area (Å²) in [6.07, 6.45) is 0. The fraction of sp³-hybridized carbons (Fsp3) is 0.467. The third-order valence-corrected chi connectivity index (χ3v) is 3.45. The second kappa shape index (κ2) is 7.19. The molecule has 1 aliphatic rings. The van der Waals surface area contributed by atoms with Gasteiger partial charge in [0.1, 0.15) is 0 Å². The number of ether oxygens (including phenoxy) is 1. The standard InChI is InChI=1S/C15H21N3O3/c1-11(18-7-9-21-10-8-18)15(20)17-14-5-3-13(4-6-14)16-12(2)19/h3-6,11H,7-10H2,1-2H3,(H,16,19)(H,17,20)/t11-/m1/s1. The summed E-state index contributed by atoms with van der Waals surface area (Å²) in [4.78, 5) is 25.3. The first kappa shape index (κ1) is 15.5. The minimum atomic E-state index is -0.191. The summed E-state index contributed by atoms with van der Waals surface area (Å²) in [6.45, 7) is 6.24. The van der Waals surface area contributed by atoms with Crippen molar-refractivity contribution < 1.29 is 14.3 Å². The molecule has 1 heterocycles. The lowest BCUT2D eigenvalue weighted by molar-refractivity contribution is -0.122. The minimum Gasteiger partial charge on any atom is -0.379 e. The van der Waals surface area contributed by atoms with Gasteiger partial charge in [0.15, 0.2) is 0 Å². The van der Waals surface area contributed by atoms with Crippen molar-refractivity contribution in [3.63, 3.8) is 0 Å². The van der Waals surface area contributed by atoms with Crippen molar-refractivity contribution in [1.29, 1.82) is 0 Å². The van der Waals surface area contributed by atoms with E-state index in [1.807, 2.05) is 6.92 Å². The zero-order valence-corrected chi connectivity index (χ0v) is 12.4. The van der Waals surface area contributed by atoms with E-state index in [9.17, 15) is 9.59 Å². The Morgan fingerprint density at radius 1 is 1.10 bits per heavy atom. The predicted molar refractivity (Wildman–Crippen MR) is 81.2 cm³/mol. The Balaban J connectivity index is 1.90. The molecule has 1 aliphatic heterocycles. The Labute approximate surface area is 124 Å². The van der Waals surface area contributed by atoms with Gasteiger partial charge in [0.2, 0.25) is 11.8 Å². The van der Waals surface area contributed by atoms with Gasteiger partial charge in [-0.05, 0) is 31.2 Å². The number of carbonyl (C=O) groups excluding carboxylic acids is 2. The van der Waals surface area contributed by atoms with Crippen LogP contribution < -0.4 is 10.6 Å². The number of nitrogens with one attached hydrogen (secondary N) is 2. The average Bonchev–Trinajstić information content (AvgIpc) is 2.49. The molecule has 0 radical (unpaired) electrons. The lowest BCUT2D eigenvalue weighted by Crippen LogP contribution is -2.47. The van der Waals surface area contributed by atoms with Gasteiger partial charge in [-0.2, -0.15) is 0 Å². The van der Waals surface area contributed by atoms with Crippen LogP contribution in [0.1, 0.15) is 13.8 Å². The zero-order chi connectivity index (χ0) is 15.2. The number of hydrogen-bond acceptors (Lipinski definition) is 4. The molecule has 6 heteroatoms. The molecule has 2 N–H and O–H groups in total. The van der Waals surface area contributed by atoms with Gasteiger partial charge in [-0.15, -0.1) is 0 Å². The van der Waals surface area contributed by atoms with Crippen molar-refractivity contribution in [3.8, 4) is 0 Å². The molecule has 1 saturated heterocycles. The number of amides is 2. The summed E-state index contributed by atoms with van der Waals surface area (Å²) in [5, 5.41) is 5.57. The maximum atomic E-state index is 12.2. The Hall–Kier alpha value is -1.92. The predicted octanol–water partition coefficient (Wildman–Crippen LogP) is 1.30. The minimum absolute atomic E-state index is 0.0378. The Kier molecular flexibility index (Phi) is 5.30. The van der Waals surface area contributed by atoms with E-state index >= 15 is 0 Å². The van der Waals surface area contributed by atoms with E-state index in [1.165, 1.54) is 6.92 Å². The third-order valence-electron chi connectivity index (χ3n) is 3.45. The normalized spacial score (nSPS) is 17.0. The molecule has 0 aromatic heterocycles. The lowest BCUT2D eigenvalue weighted by Gasteiger charge is -2.31. The van der Waals surface area contributed by atoms with Gasteiger partial charge in [-0.1, -0.05) is 0 Å². The van der Waals surface area contributed by atoms with Crippen LogP contribution in [0.4, 0.5) is 11.4 Å². The fourth-order valence-corrected chi connectivity index (χ4v) is 2.22. The largest absolute Gasteiger partial charge is 0.379 e. The molecule has 21 heavy (non-hydrogen) atoms. The van der Waals surface area contributed by atoms with Gasteiger partial charge in [0.05, 0.1) is 19.3 Å². The highest BCUT2D eigenvalue weighted by molar-refractivity contribution is 5.95. The number of anilines is 2. The van der Waals surface area contributed by atoms with Gasteiger partial charge in [-0.3, -0.25) is 14.5 Å². The molecular weight excluding hydrogens is 270 g/mol. The fourth-order valence-electron chi connectivity index (χ4n) is 2.22. The SMILES string of the molecule is CC(=O)Nc1ccc(NC(=O)[C@@H](C)N2CCOCC2)cc1. The van der Waals surface area contributed by atoms with E-state index in [4.69, 9.17) is 4.74 Å². The number of rotatable bonds is 4. The third kappa shape index (κ3) is 4.54. The van der Waals surface area contributed by atoms with Crippen molar-refractivity contribution in [1.82, 2.24) is 4.90 Å². The summed E-state index contributed by atoms with van der Waals surface area (Å²) in [6, 6.07) is 6.88. The maximum Gasteiger partial charge on any atom is 0.241 e. The van der Waals surface area contributed by atoms with Crippen LogP contribution in [-0.2, 0) is 14.3 Å². The molecule has 0 unspecified atom stereocenters. The highest BCUT2D eigenvalue weighted by Crippen LogP contribution is 2.14. The molecule has 0 aliphatic carbocycles. The van der Waals surface area contributed by atoms with E-state index in [-0.39, 0.29) is 17.9 Å². The summed E-state index contributed by atoms with van der Waals surface area (Å²) >= 11 is 0. The van der Waals surface area contributed by atoms with Gasteiger partial charge in [0, 0.05) is 31.4 Å². The molecule has 2 amide bonds. The highest BCUT2D eigenvalue weighted by Gasteiger charge is 2.23. The molecule has 1 aromatic rings. The van der Waals surface area contributed by atoms with Crippen molar-refractivity contribution in [2.75, 3.05) is 36.9 Å². The van der Waals surface area contributed by atoms with Crippen LogP contribution in [0, 0.1) is 0 Å². The van der Waals surface area contributed by atoms with Crippen molar-refractivity contribution in [2.45, 2.75) is 19.9 Å². The summed E-state index contributed by atoms with van der Waals surface area (Å²) in [5.41, 5.74) is 1.43. The van der Waals surface area contributed by atoms with E-state index < -0.39 is 0 Å². The molecule has 6 nitrogen and oxygen atoms in total. The molecule has 1 fully saturated rings. The summed E-state index contributed by atoms with van der Waals surface area (Å²) in [5.74, 6) is -0.156. The maximum absolute atomic E-state index is 12.2. The smallest absolute Gasteiger partial charge is 0.241 e. The number of morpholine rings is 1. The monoisotopic (exact) mass is 291 g/mol. The molecule has 2 rings (SSSR count). The quantitative estimate of drug-likeness (QED) is 0.877. The highest BCUT2D eigenvalue weighted by atomic mass is 16.5. The first-order valence-corrected chi connectivity index (χ1v) is 7.06. The van der Waals surface area contributed by atoms with E-state index in [2.05, 4.69) is 15.5 Å². The van der Waals surface area contributed by atoms with Crippen molar-refractivity contribution in [2.24, 2.45) is 0 Å². The first-order chi connectivity index (χ1) is 10.1. The first-order valence-electron chi connectivity index (χ1n) is 7.06. The molecule has 114 valence electrons. The van der Waals surface area contributed by atoms with E-state index in [0.29, 0.717) is 24.6 Å². The topological polar surface area (TPSA) is 70.7 Å². The Bertz CT molecular complexity index is 495. The molecular formula is C15H21N3O3. The second-order valence-corrected chi connectivity index (χ2v) is 5.07. The molecule has 0 spiro atoms. The van der Waals surface area contributed by atoms with E-state index in [1.54, 1.807) is 24.3 Å². The number of nitrogens with zero attached hydrogens (tertiary/aromatic N) is 1. The molecule has 1 atom stereocenters. The van der Waals surface area contributed by atoms with E-state index in [0.717, 1.165) is 13.1 Å². The van der Waals surface area contributed by atoms with Crippen LogP contribution in [0.15, 0.2) is 24.3 Å². The number of carbonyl (C=O) groups is 2. The zero-order valence-electron chi connectivity index (χ0n) is 12.4. The average molecular weight is 291 g/mol. The lowest BCUT2D eigenvalue weighted by atomic mass is 10.2. The van der Waals surface area contributed by atoms with Gasteiger partial charge in [0.25, 0.3) is 0 Å². The van der Waals surface area contributed by atoms with Crippen LogP contribution in [0.3, 0.4) is 0 Å². The van der Waals surface area contributed by atoms with Crippen LogP contribution in [-0.4, -0.2) is 49.1 Å². The molecule has 1 aromatic carbocycles. The Morgan fingerprint density at radius 3 is 2.14 bits per heavy atom. The summed E-state index contributed by atoms with van der Waals surface area (Å²) < 4.78 is 5.28. The van der Waals surface area contributed by atoms with Crippen LogP contribution in [0.25, 0.3) is 0 Å². The van der Waals surface area contributed by atoms with Crippen molar-refractivity contribution >= 4 is 23.2 Å². The van der Waals surface area contributed by atoms with Gasteiger partial charge < -0.3 is 15.4 Å². The molecule has 0 saturated carbocycles. The van der Waals surface area contributed by atoms with Crippen LogP contribution in [0.2, 0.25) is 0 Å². The van der Waals surface area contributed by atoms with Gasteiger partial charge in [-0.25, -0.2) is 0 Å². The Morgan fingerprint density at radius 2 is 1.62 bits per heavy atom. The second-order valence-electron chi connectivity index (χ2n) is 5.07. The number of hydrogen-bond donors (Lipinski definition) is 2. The number of benzene rings is 1. The summed E-state index contributed by atoms with van der Waals surface area (Å²) in [7, 11) is 0. The van der Waals surface area contributed by atoms with Crippen LogP contribution >= 0.6 is 0 Å².